The van der Waals surface area contributed by atoms with E-state index in [-0.39, 0.29) is 0 Å². The van der Waals surface area contributed by atoms with Gasteiger partial charge in [-0.15, -0.1) is 10.2 Å². The van der Waals surface area contributed by atoms with Gasteiger partial charge in [-0.05, 0) is 39.2 Å². The van der Waals surface area contributed by atoms with Crippen LogP contribution in [0.3, 0.4) is 0 Å². The average molecular weight is 298 g/mol. The Morgan fingerprint density at radius 1 is 1.45 bits per heavy atom. The molecule has 3 rings (SSSR count). The number of likely N-dealkylation sites (tertiary alicyclic amines) is 1. The third kappa shape index (κ3) is 3.37. The van der Waals surface area contributed by atoms with E-state index in [1.54, 1.807) is 0 Å². The van der Waals surface area contributed by atoms with Crippen LogP contribution in [0.25, 0.3) is 0 Å². The van der Waals surface area contributed by atoms with Crippen LogP contribution >= 0.6 is 11.6 Å². The monoisotopic (exact) mass is 297 g/mol. The molecule has 1 atom stereocenters. The van der Waals surface area contributed by atoms with E-state index in [2.05, 4.69) is 25.4 Å². The lowest BCUT2D eigenvalue weighted by molar-refractivity contribution is 0.0794. The van der Waals surface area contributed by atoms with E-state index in [9.17, 15) is 5.11 Å². The first-order valence-electron chi connectivity index (χ1n) is 7.12. The first kappa shape index (κ1) is 14.0. The third-order valence-electron chi connectivity index (χ3n) is 3.99. The smallest absolute Gasteiger partial charge is 0.243 e. The zero-order chi connectivity index (χ0) is 14.2. The highest BCUT2D eigenvalue weighted by atomic mass is 35.5. The molecule has 1 saturated heterocycles. The minimum absolute atomic E-state index is 0.300. The van der Waals surface area contributed by atoms with Gasteiger partial charge in [0.2, 0.25) is 5.95 Å². The Morgan fingerprint density at radius 2 is 2.25 bits per heavy atom. The quantitative estimate of drug-likeness (QED) is 0.871. The van der Waals surface area contributed by atoms with Crippen molar-refractivity contribution in [2.24, 2.45) is 0 Å². The molecule has 6 nitrogen and oxygen atoms in total. The molecule has 110 valence electrons. The van der Waals surface area contributed by atoms with Crippen molar-refractivity contribution in [3.8, 4) is 0 Å². The topological polar surface area (TPSA) is 74.2 Å². The Balaban J connectivity index is 1.57. The van der Waals surface area contributed by atoms with Gasteiger partial charge in [0.15, 0.2) is 5.15 Å². The van der Waals surface area contributed by atoms with Crippen LogP contribution < -0.4 is 5.32 Å². The average Bonchev–Trinajstić information content (AvgIpc) is 3.12. The van der Waals surface area contributed by atoms with E-state index in [4.69, 9.17) is 11.6 Å². The number of anilines is 1. The Hall–Kier alpha value is -0.980. The van der Waals surface area contributed by atoms with Crippen molar-refractivity contribution in [3.63, 3.8) is 0 Å². The number of nitrogens with zero attached hydrogens (tertiary/aromatic N) is 4. The van der Waals surface area contributed by atoms with Gasteiger partial charge in [0.1, 0.15) is 0 Å². The van der Waals surface area contributed by atoms with E-state index in [1.807, 2.05) is 6.92 Å². The largest absolute Gasteiger partial charge is 0.389 e. The van der Waals surface area contributed by atoms with Crippen molar-refractivity contribution in [2.45, 2.75) is 44.2 Å². The van der Waals surface area contributed by atoms with Gasteiger partial charge >= 0.3 is 0 Å². The van der Waals surface area contributed by atoms with Gasteiger partial charge in [0.05, 0.1) is 11.3 Å². The molecule has 1 aromatic rings. The van der Waals surface area contributed by atoms with E-state index < -0.39 is 5.60 Å². The second-order valence-electron chi connectivity index (χ2n) is 5.95. The molecule has 0 bridgehead atoms. The summed E-state index contributed by atoms with van der Waals surface area (Å²) in [5, 5.41) is 21.5. The van der Waals surface area contributed by atoms with Gasteiger partial charge < -0.3 is 10.4 Å². The van der Waals surface area contributed by atoms with Gasteiger partial charge in [-0.25, -0.2) is 4.98 Å². The van der Waals surface area contributed by atoms with Crippen LogP contribution in [0.4, 0.5) is 5.95 Å². The molecule has 7 heteroatoms. The summed E-state index contributed by atoms with van der Waals surface area (Å²) in [6, 6.07) is 0.300. The number of nitrogens with one attached hydrogen (secondary N) is 1. The van der Waals surface area contributed by atoms with E-state index in [0.29, 0.717) is 22.8 Å². The molecule has 2 heterocycles. The van der Waals surface area contributed by atoms with Crippen LogP contribution in [0.5, 0.6) is 0 Å². The molecule has 2 N–H and O–H groups in total. The fourth-order valence-corrected chi connectivity index (χ4v) is 2.75. The number of rotatable bonds is 4. The Labute approximate surface area is 123 Å². The number of piperidine rings is 1. The van der Waals surface area contributed by atoms with Crippen LogP contribution in [0.2, 0.25) is 5.15 Å². The second kappa shape index (κ2) is 5.42. The Bertz CT molecular complexity index is 494. The fraction of sp³-hybridized carbons (Fsp3) is 0.769. The van der Waals surface area contributed by atoms with E-state index in [1.165, 1.54) is 0 Å². The van der Waals surface area contributed by atoms with Crippen LogP contribution in [-0.2, 0) is 0 Å². The lowest BCUT2D eigenvalue weighted by Crippen LogP contribution is -2.45. The standard InChI is InChI=1S/C13H20ClN5O/c1-9-11(14)17-18-12(15-9)16-10-3-2-6-19(7-10)8-13(20)4-5-13/h10,20H,2-8H2,1H3,(H,15,16,18)/t10-/m1/s1. The number of hydrogen-bond acceptors (Lipinski definition) is 6. The molecule has 1 aliphatic carbocycles. The molecular formula is C13H20ClN5O. The summed E-state index contributed by atoms with van der Waals surface area (Å²) in [5.74, 6) is 0.531. The Morgan fingerprint density at radius 3 is 2.95 bits per heavy atom. The maximum atomic E-state index is 10.0. The van der Waals surface area contributed by atoms with Gasteiger partial charge in [0, 0.05) is 19.1 Å². The molecular weight excluding hydrogens is 278 g/mol. The van der Waals surface area contributed by atoms with Crippen molar-refractivity contribution >= 4 is 17.5 Å². The molecule has 1 saturated carbocycles. The zero-order valence-corrected chi connectivity index (χ0v) is 12.4. The summed E-state index contributed by atoms with van der Waals surface area (Å²) < 4.78 is 0. The van der Waals surface area contributed by atoms with E-state index in [0.717, 1.165) is 45.3 Å². The number of aliphatic hydroxyl groups is 1. The van der Waals surface area contributed by atoms with Gasteiger partial charge in [-0.3, -0.25) is 4.90 Å². The zero-order valence-electron chi connectivity index (χ0n) is 11.6. The SMILES string of the molecule is Cc1nc(N[C@@H]2CCCN(CC3(O)CC3)C2)nnc1Cl. The Kier molecular flexibility index (Phi) is 3.79. The van der Waals surface area contributed by atoms with Crippen LogP contribution in [0, 0.1) is 6.92 Å². The van der Waals surface area contributed by atoms with Gasteiger partial charge in [0.25, 0.3) is 0 Å². The van der Waals surface area contributed by atoms with Crippen LogP contribution in [0.15, 0.2) is 0 Å². The maximum absolute atomic E-state index is 10.0. The summed E-state index contributed by atoms with van der Waals surface area (Å²) in [6.07, 6.45) is 4.07. The van der Waals surface area contributed by atoms with Crippen molar-refractivity contribution in [1.29, 1.82) is 0 Å². The minimum Gasteiger partial charge on any atom is -0.389 e. The van der Waals surface area contributed by atoms with Crippen molar-refractivity contribution in [3.05, 3.63) is 10.8 Å². The predicted octanol–water partition coefficient (Wildman–Crippen LogP) is 1.23. The molecule has 20 heavy (non-hydrogen) atoms. The highest BCUT2D eigenvalue weighted by Gasteiger charge is 2.42. The molecule has 2 fully saturated rings. The van der Waals surface area contributed by atoms with E-state index >= 15 is 0 Å². The molecule has 1 aliphatic heterocycles. The predicted molar refractivity (Wildman–Crippen MR) is 76.8 cm³/mol. The summed E-state index contributed by atoms with van der Waals surface area (Å²) in [5.41, 5.74) is 0.265. The first-order valence-corrected chi connectivity index (χ1v) is 7.50. The number of aryl methyl sites for hydroxylation is 1. The summed E-state index contributed by atoms with van der Waals surface area (Å²) >= 11 is 5.83. The minimum atomic E-state index is -0.420. The van der Waals surface area contributed by atoms with Gasteiger partial charge in [-0.1, -0.05) is 11.6 Å². The highest BCUT2D eigenvalue weighted by Crippen LogP contribution is 2.36. The van der Waals surface area contributed by atoms with Gasteiger partial charge in [-0.2, -0.15) is 0 Å². The molecule has 0 spiro atoms. The van der Waals surface area contributed by atoms with Crippen molar-refractivity contribution in [2.75, 3.05) is 25.0 Å². The molecule has 2 aliphatic rings. The normalized spacial score (nSPS) is 25.4. The number of β-amino-alcohol motifs (C(OH)–C–C–N with tert-alkyl or cyclic N) is 1. The van der Waals surface area contributed by atoms with Crippen LogP contribution in [0.1, 0.15) is 31.4 Å². The van der Waals surface area contributed by atoms with Crippen molar-refractivity contribution in [1.82, 2.24) is 20.1 Å². The lowest BCUT2D eigenvalue weighted by atomic mass is 10.1. The third-order valence-corrected chi connectivity index (χ3v) is 4.34. The van der Waals surface area contributed by atoms with Crippen molar-refractivity contribution < 1.29 is 5.11 Å². The van der Waals surface area contributed by atoms with Crippen LogP contribution in [-0.4, -0.2) is 56.5 Å². The molecule has 0 aromatic carbocycles. The summed E-state index contributed by atoms with van der Waals surface area (Å²) in [6.45, 7) is 4.56. The molecule has 0 radical (unpaired) electrons. The first-order chi connectivity index (χ1) is 9.54. The number of aromatic nitrogens is 3. The molecule has 1 aromatic heterocycles. The number of halogens is 1. The molecule has 0 unspecified atom stereocenters. The summed E-state index contributed by atoms with van der Waals surface area (Å²) in [7, 11) is 0. The number of hydrogen-bond donors (Lipinski definition) is 2. The molecule has 0 amide bonds. The lowest BCUT2D eigenvalue weighted by Gasteiger charge is -2.34. The second-order valence-corrected chi connectivity index (χ2v) is 6.31. The summed E-state index contributed by atoms with van der Waals surface area (Å²) in [4.78, 5) is 6.62. The maximum Gasteiger partial charge on any atom is 0.243 e. The highest BCUT2D eigenvalue weighted by molar-refractivity contribution is 6.29. The fourth-order valence-electron chi connectivity index (χ4n) is 2.67.